The number of aliphatic hydroxyl groups is 1. The lowest BCUT2D eigenvalue weighted by atomic mass is 10.1. The molecule has 1 rings (SSSR count). The van der Waals surface area contributed by atoms with Crippen LogP contribution in [-0.2, 0) is 11.2 Å². The normalized spacial score (nSPS) is 8.93. The number of hydrogen-bond donors (Lipinski definition) is 1. The van der Waals surface area contributed by atoms with E-state index in [9.17, 15) is 4.79 Å². The number of aldehydes is 1. The van der Waals surface area contributed by atoms with Crippen molar-refractivity contribution in [2.75, 3.05) is 7.11 Å². The molecule has 2 nitrogen and oxygen atoms in total. The van der Waals surface area contributed by atoms with Crippen molar-refractivity contribution >= 4 is 6.29 Å². The largest absolute Gasteiger partial charge is 0.400 e. The van der Waals surface area contributed by atoms with Crippen LogP contribution in [0.1, 0.15) is 31.2 Å². The van der Waals surface area contributed by atoms with Crippen molar-refractivity contribution in [2.24, 2.45) is 0 Å². The number of benzene rings is 1. The van der Waals surface area contributed by atoms with Crippen molar-refractivity contribution in [3.63, 3.8) is 0 Å². The van der Waals surface area contributed by atoms with E-state index in [2.05, 4.69) is 24.3 Å². The Morgan fingerprint density at radius 1 is 1.07 bits per heavy atom. The highest BCUT2D eigenvalue weighted by molar-refractivity contribution is 5.48. The van der Waals surface area contributed by atoms with Gasteiger partial charge in [-0.1, -0.05) is 36.8 Å². The second kappa shape index (κ2) is 10.9. The first kappa shape index (κ1) is 13.8. The maximum Gasteiger partial charge on any atom is 0.119 e. The number of aliphatic hydroxyl groups excluding tert-OH is 1. The molecule has 84 valence electrons. The molecule has 0 aliphatic carbocycles. The van der Waals surface area contributed by atoms with Crippen LogP contribution in [0.4, 0.5) is 0 Å². The Morgan fingerprint density at radius 3 is 2.33 bits per heavy atom. The van der Waals surface area contributed by atoms with Crippen LogP contribution in [0.15, 0.2) is 30.3 Å². The van der Waals surface area contributed by atoms with Crippen LogP contribution in [0.2, 0.25) is 0 Å². The number of carbonyl (C=O) groups excluding carboxylic acids is 1. The first-order valence-electron chi connectivity index (χ1n) is 5.36. The fourth-order valence-corrected chi connectivity index (χ4v) is 1.38. The van der Waals surface area contributed by atoms with E-state index in [1.54, 1.807) is 0 Å². The third-order valence-corrected chi connectivity index (χ3v) is 2.13. The summed E-state index contributed by atoms with van der Waals surface area (Å²) < 4.78 is 0. The highest BCUT2D eigenvalue weighted by Gasteiger charge is 1.91. The summed E-state index contributed by atoms with van der Waals surface area (Å²) in [5.74, 6) is 0. The van der Waals surface area contributed by atoms with Gasteiger partial charge in [-0.3, -0.25) is 0 Å². The van der Waals surface area contributed by atoms with Crippen LogP contribution in [0.5, 0.6) is 0 Å². The molecule has 0 aromatic heterocycles. The van der Waals surface area contributed by atoms with E-state index in [0.29, 0.717) is 0 Å². The average molecular weight is 208 g/mol. The second-order valence-electron chi connectivity index (χ2n) is 3.25. The van der Waals surface area contributed by atoms with E-state index >= 15 is 0 Å². The minimum Gasteiger partial charge on any atom is -0.400 e. The molecule has 0 saturated heterocycles. The Bertz CT molecular complexity index is 232. The molecular formula is C13H20O2. The number of unbranched alkanes of at least 4 members (excludes halogenated alkanes) is 3. The third-order valence-electron chi connectivity index (χ3n) is 2.13. The van der Waals surface area contributed by atoms with Gasteiger partial charge >= 0.3 is 0 Å². The Hall–Kier alpha value is -1.15. The summed E-state index contributed by atoms with van der Waals surface area (Å²) in [6.45, 7) is 0. The Kier molecular flexibility index (Phi) is 10.1. The molecule has 1 N–H and O–H groups in total. The Labute approximate surface area is 91.9 Å². The van der Waals surface area contributed by atoms with E-state index in [1.807, 2.05) is 6.07 Å². The molecule has 0 atom stereocenters. The molecule has 15 heavy (non-hydrogen) atoms. The number of rotatable bonds is 6. The van der Waals surface area contributed by atoms with Crippen LogP contribution in [0.25, 0.3) is 0 Å². The van der Waals surface area contributed by atoms with Crippen molar-refractivity contribution in [2.45, 2.75) is 32.1 Å². The van der Waals surface area contributed by atoms with Crippen LogP contribution in [-0.4, -0.2) is 18.5 Å². The molecule has 0 fully saturated rings. The predicted octanol–water partition coefficient (Wildman–Crippen LogP) is 2.60. The summed E-state index contributed by atoms with van der Waals surface area (Å²) in [6, 6.07) is 10.5. The average Bonchev–Trinajstić information content (AvgIpc) is 2.33. The zero-order valence-electron chi connectivity index (χ0n) is 9.36. The van der Waals surface area contributed by atoms with Crippen molar-refractivity contribution < 1.29 is 9.90 Å². The van der Waals surface area contributed by atoms with Gasteiger partial charge in [0.1, 0.15) is 6.29 Å². The second-order valence-corrected chi connectivity index (χ2v) is 3.25. The summed E-state index contributed by atoms with van der Waals surface area (Å²) in [5.41, 5.74) is 1.40. The van der Waals surface area contributed by atoms with Crippen LogP contribution in [0, 0.1) is 0 Å². The smallest absolute Gasteiger partial charge is 0.119 e. The molecule has 0 aliphatic heterocycles. The van der Waals surface area contributed by atoms with Crippen LogP contribution >= 0.6 is 0 Å². The fourth-order valence-electron chi connectivity index (χ4n) is 1.38. The Morgan fingerprint density at radius 2 is 1.73 bits per heavy atom. The molecule has 0 unspecified atom stereocenters. The van der Waals surface area contributed by atoms with Crippen molar-refractivity contribution in [1.82, 2.24) is 0 Å². The lowest BCUT2D eigenvalue weighted by molar-refractivity contribution is -0.107. The molecule has 0 heterocycles. The van der Waals surface area contributed by atoms with Crippen molar-refractivity contribution in [3.8, 4) is 0 Å². The molecule has 0 bridgehead atoms. The van der Waals surface area contributed by atoms with Gasteiger partial charge in [-0.05, 0) is 24.8 Å². The van der Waals surface area contributed by atoms with Gasteiger partial charge in [0, 0.05) is 13.5 Å². The molecule has 1 aromatic carbocycles. The van der Waals surface area contributed by atoms with Crippen LogP contribution in [0.3, 0.4) is 0 Å². The van der Waals surface area contributed by atoms with Gasteiger partial charge in [-0.25, -0.2) is 0 Å². The van der Waals surface area contributed by atoms with E-state index in [1.165, 1.54) is 12.0 Å². The molecule has 0 aliphatic rings. The van der Waals surface area contributed by atoms with Crippen molar-refractivity contribution in [1.29, 1.82) is 0 Å². The van der Waals surface area contributed by atoms with Gasteiger partial charge in [-0.15, -0.1) is 0 Å². The summed E-state index contributed by atoms with van der Waals surface area (Å²) in [4.78, 5) is 10.0. The SMILES string of the molecule is CO.O=CCCCCCc1ccccc1. The van der Waals surface area contributed by atoms with Gasteiger partial charge in [-0.2, -0.15) is 0 Å². The first-order chi connectivity index (χ1) is 7.43. The molecule has 0 amide bonds. The van der Waals surface area contributed by atoms with E-state index in [4.69, 9.17) is 5.11 Å². The fraction of sp³-hybridized carbons (Fsp3) is 0.462. The minimum absolute atomic E-state index is 0.717. The minimum atomic E-state index is 0.717. The summed E-state index contributed by atoms with van der Waals surface area (Å²) >= 11 is 0. The van der Waals surface area contributed by atoms with Gasteiger partial charge in [0.2, 0.25) is 0 Å². The lowest BCUT2D eigenvalue weighted by Gasteiger charge is -1.99. The van der Waals surface area contributed by atoms with Crippen molar-refractivity contribution in [3.05, 3.63) is 35.9 Å². The molecule has 1 aromatic rings. The summed E-state index contributed by atoms with van der Waals surface area (Å²) in [5, 5.41) is 7.00. The molecule has 2 heteroatoms. The van der Waals surface area contributed by atoms with Crippen LogP contribution < -0.4 is 0 Å². The molecular weight excluding hydrogens is 188 g/mol. The topological polar surface area (TPSA) is 37.3 Å². The first-order valence-corrected chi connectivity index (χ1v) is 5.36. The zero-order valence-corrected chi connectivity index (χ0v) is 9.36. The van der Waals surface area contributed by atoms with Gasteiger partial charge in [0.05, 0.1) is 0 Å². The highest BCUT2D eigenvalue weighted by Crippen LogP contribution is 2.06. The molecule has 0 radical (unpaired) electrons. The maximum absolute atomic E-state index is 10.0. The number of hydrogen-bond acceptors (Lipinski definition) is 2. The Balaban J connectivity index is 0.000000921. The zero-order chi connectivity index (χ0) is 11.4. The molecule has 0 spiro atoms. The van der Waals surface area contributed by atoms with E-state index in [-0.39, 0.29) is 0 Å². The predicted molar refractivity (Wildman–Crippen MR) is 62.8 cm³/mol. The summed E-state index contributed by atoms with van der Waals surface area (Å²) in [7, 11) is 1.00. The third kappa shape index (κ3) is 7.89. The highest BCUT2D eigenvalue weighted by atomic mass is 16.2. The molecule has 0 saturated carbocycles. The van der Waals surface area contributed by atoms with E-state index in [0.717, 1.165) is 39.1 Å². The van der Waals surface area contributed by atoms with Gasteiger partial charge in [0.25, 0.3) is 0 Å². The quantitative estimate of drug-likeness (QED) is 0.576. The summed E-state index contributed by atoms with van der Waals surface area (Å²) in [6.07, 6.45) is 6.25. The number of carbonyl (C=O) groups is 1. The maximum atomic E-state index is 10.0. The van der Waals surface area contributed by atoms with Gasteiger partial charge < -0.3 is 9.90 Å². The van der Waals surface area contributed by atoms with E-state index < -0.39 is 0 Å². The standard InChI is InChI=1S/C12H16O.CH4O/c13-11-7-2-1-4-8-12-9-5-3-6-10-12;1-2/h3,5-6,9-11H,1-2,4,7-8H2;2H,1H3. The lowest BCUT2D eigenvalue weighted by Crippen LogP contribution is -1.85. The number of aryl methyl sites for hydroxylation is 1. The monoisotopic (exact) mass is 208 g/mol. The van der Waals surface area contributed by atoms with Gasteiger partial charge in [0.15, 0.2) is 0 Å².